The normalized spacial score (nSPS) is 13.4. The molecule has 1 aliphatic rings. The smallest absolute Gasteiger partial charge is 1.00 e. The van der Waals surface area contributed by atoms with Crippen LogP contribution in [0.2, 0.25) is 51.4 Å². The van der Waals surface area contributed by atoms with Crippen molar-refractivity contribution in [1.82, 2.24) is 20.0 Å². The molecule has 0 aliphatic carbocycles. The van der Waals surface area contributed by atoms with E-state index in [0.29, 0.717) is 48.3 Å². The maximum atomic E-state index is 5.95. The fraction of sp³-hybridized carbons (Fsp3) is 0.850. The summed E-state index contributed by atoms with van der Waals surface area (Å²) in [4.78, 5) is 0. The van der Waals surface area contributed by atoms with E-state index in [0.717, 1.165) is 26.4 Å². The molecule has 0 radical (unpaired) electrons. The zero-order chi connectivity index (χ0) is 38.8. The Hall–Kier alpha value is 0.0238. The molecular formula is C40H82ClN4NaO3Si2. The first-order valence-corrected chi connectivity index (χ1v) is 27.5. The number of hydrogen-bond donors (Lipinski definition) is 1. The van der Waals surface area contributed by atoms with Gasteiger partial charge in [0.2, 0.25) is 0 Å². The summed E-state index contributed by atoms with van der Waals surface area (Å²) in [6, 6.07) is 2.75. The van der Waals surface area contributed by atoms with Crippen molar-refractivity contribution in [3.05, 3.63) is 33.9 Å². The van der Waals surface area contributed by atoms with Gasteiger partial charge in [0.25, 0.3) is 0 Å². The van der Waals surface area contributed by atoms with E-state index in [2.05, 4.69) is 137 Å². The Morgan fingerprint density at radius 1 is 0.686 bits per heavy atom. The third kappa shape index (κ3) is 22.2. The molecule has 296 valence electrons. The van der Waals surface area contributed by atoms with Crippen LogP contribution in [-0.2, 0) is 20.9 Å². The Labute approximate surface area is 346 Å². The van der Waals surface area contributed by atoms with E-state index >= 15 is 0 Å². The molecule has 0 amide bonds. The van der Waals surface area contributed by atoms with E-state index in [-0.39, 0.29) is 31.0 Å². The van der Waals surface area contributed by atoms with Gasteiger partial charge in [-0.25, -0.2) is 4.68 Å². The molecule has 1 saturated heterocycles. The van der Waals surface area contributed by atoms with Crippen LogP contribution in [0.1, 0.15) is 167 Å². The molecule has 1 N–H and O–H groups in total. The van der Waals surface area contributed by atoms with Gasteiger partial charge in [0.05, 0.1) is 11.4 Å². The number of aromatic amines is 1. The largest absolute Gasteiger partial charge is 1.00 e. The zero-order valence-corrected chi connectivity index (χ0v) is 41.7. The van der Waals surface area contributed by atoms with Crippen molar-refractivity contribution in [1.29, 1.82) is 0 Å². The van der Waals surface area contributed by atoms with Gasteiger partial charge in [-0.1, -0.05) is 134 Å². The summed E-state index contributed by atoms with van der Waals surface area (Å²) in [5.74, 6) is 3.04. The minimum atomic E-state index is -1.03. The van der Waals surface area contributed by atoms with Crippen molar-refractivity contribution in [2.24, 2.45) is 0 Å². The molecule has 0 atom stereocenters. The number of halogens is 1. The average molecular weight is 782 g/mol. The second-order valence-electron chi connectivity index (χ2n) is 18.0. The van der Waals surface area contributed by atoms with Crippen LogP contribution in [0.15, 0.2) is 0 Å². The number of nitrogens with zero attached hydrogens (tertiary/aromatic N) is 3. The summed E-state index contributed by atoms with van der Waals surface area (Å²) < 4.78 is 18.0. The number of ether oxygens (including phenoxy) is 3. The molecule has 3 heterocycles. The van der Waals surface area contributed by atoms with Crippen LogP contribution in [0.25, 0.3) is 0 Å². The van der Waals surface area contributed by atoms with Gasteiger partial charge < -0.3 is 15.6 Å². The number of aromatic nitrogens is 4. The van der Waals surface area contributed by atoms with Gasteiger partial charge in [-0.2, -0.15) is 10.2 Å². The van der Waals surface area contributed by atoms with Crippen molar-refractivity contribution in [2.45, 2.75) is 190 Å². The van der Waals surface area contributed by atoms with Crippen LogP contribution in [0.3, 0.4) is 0 Å². The Morgan fingerprint density at radius 2 is 1.16 bits per heavy atom. The maximum Gasteiger partial charge on any atom is 1.00 e. The predicted octanol–water partition coefficient (Wildman–Crippen LogP) is 9.80. The second-order valence-corrected chi connectivity index (χ2v) is 29.5. The van der Waals surface area contributed by atoms with Crippen molar-refractivity contribution in [3.8, 4) is 0 Å². The predicted molar refractivity (Wildman–Crippen MR) is 225 cm³/mol. The number of H-pyrrole nitrogens is 1. The molecule has 0 unspecified atom stereocenters. The maximum absolute atomic E-state index is 5.95. The van der Waals surface area contributed by atoms with Gasteiger partial charge in [0, 0.05) is 54.0 Å². The van der Waals surface area contributed by atoms with Gasteiger partial charge in [0.15, 0.2) is 0 Å². The Morgan fingerprint density at radius 3 is 1.49 bits per heavy atom. The summed E-state index contributed by atoms with van der Waals surface area (Å²) in [7, 11) is -1.91. The fourth-order valence-electron chi connectivity index (χ4n) is 5.57. The molecule has 3 rings (SSSR count). The van der Waals surface area contributed by atoms with E-state index < -0.39 is 16.1 Å². The van der Waals surface area contributed by atoms with Crippen molar-refractivity contribution < 1.29 is 45.2 Å². The number of alkyl halides is 1. The first-order valence-electron chi connectivity index (χ1n) is 19.5. The fourth-order valence-corrected chi connectivity index (χ4v) is 7.19. The van der Waals surface area contributed by atoms with Crippen molar-refractivity contribution in [3.63, 3.8) is 0 Å². The third-order valence-electron chi connectivity index (χ3n) is 8.40. The molecule has 0 aromatic carbocycles. The molecular weight excluding hydrogens is 699 g/mol. The van der Waals surface area contributed by atoms with Crippen LogP contribution in [0.5, 0.6) is 0 Å². The van der Waals surface area contributed by atoms with Crippen LogP contribution >= 0.6 is 11.6 Å². The van der Waals surface area contributed by atoms with E-state index in [1.54, 1.807) is 0 Å². The summed E-state index contributed by atoms with van der Waals surface area (Å²) in [6.07, 6.45) is 2.56. The van der Waals surface area contributed by atoms with Gasteiger partial charge in [-0.05, 0) is 71.6 Å². The first-order chi connectivity index (χ1) is 23.1. The molecule has 0 bridgehead atoms. The van der Waals surface area contributed by atoms with E-state index in [1.165, 1.54) is 58.8 Å². The monoisotopic (exact) mass is 781 g/mol. The molecule has 2 aromatic heterocycles. The third-order valence-corrected chi connectivity index (χ3v) is 12.0. The van der Waals surface area contributed by atoms with E-state index in [1.807, 2.05) is 0 Å². The number of nitrogens with one attached hydrogen (secondary N) is 1. The van der Waals surface area contributed by atoms with Crippen molar-refractivity contribution >= 4 is 27.7 Å². The molecule has 11 heteroatoms. The molecule has 1 fully saturated rings. The van der Waals surface area contributed by atoms with E-state index in [4.69, 9.17) is 30.9 Å². The first kappa shape index (κ1) is 53.1. The topological polar surface area (TPSA) is 74.2 Å². The Bertz CT molecular complexity index is 1140. The quantitative estimate of drug-likeness (QED) is 0.111. The summed E-state index contributed by atoms with van der Waals surface area (Å²) in [5, 5.41) is 12.5. The SMILES string of the molecule is C1CCOC1.CC(C)c1n[nH]c(C(C)C)c1C(C)C.CC(C)c1nn(COCC[Si](C)(C)C)c(C(C)C)c1C(C)C.C[Si](C)(C)CCOCCl.[H-].[Na+]. The summed E-state index contributed by atoms with van der Waals surface area (Å²) >= 11 is 5.32. The van der Waals surface area contributed by atoms with Gasteiger partial charge in [0.1, 0.15) is 12.8 Å². The standard InChI is InChI=1S/C18H36N2OSi.C12H22N2.C6H15ClOSi.C4H8O.Na.H/c1-13(2)16-17(14(3)4)19-20(18(16)15(5)6)12-21-10-11-22(7,8)9;1-7(2)10-11(8(3)4)13-14-12(10)9(5)6;1-9(2,3)5-4-8-6-7;1-2-4-5-3-1;;/h13-15H,10-12H2,1-9H3;7-9H,1-6H3,(H,13,14);4-6H2,1-3H3;1-4H2;;/q;;;;+1;-1. The van der Waals surface area contributed by atoms with Crippen molar-refractivity contribution in [2.75, 3.05) is 32.5 Å². The van der Waals surface area contributed by atoms with Gasteiger partial charge in [-0.15, -0.1) is 0 Å². The van der Waals surface area contributed by atoms with Crippen LogP contribution < -0.4 is 29.6 Å². The zero-order valence-electron chi connectivity index (χ0n) is 38.0. The van der Waals surface area contributed by atoms with Crippen LogP contribution in [-0.4, -0.2) is 68.6 Å². The molecule has 1 aliphatic heterocycles. The summed E-state index contributed by atoms with van der Waals surface area (Å²) in [6.45, 7) is 45.2. The van der Waals surface area contributed by atoms with Gasteiger partial charge in [-0.3, -0.25) is 5.10 Å². The second kappa shape index (κ2) is 26.8. The van der Waals surface area contributed by atoms with Crippen LogP contribution in [0.4, 0.5) is 0 Å². The molecule has 7 nitrogen and oxygen atoms in total. The minimum absolute atomic E-state index is 0. The Kier molecular flexibility index (Phi) is 27.9. The van der Waals surface area contributed by atoms with Crippen LogP contribution in [0, 0.1) is 0 Å². The number of rotatable bonds is 15. The molecule has 0 saturated carbocycles. The molecule has 0 spiro atoms. The minimum Gasteiger partial charge on any atom is -1.00 e. The molecule has 51 heavy (non-hydrogen) atoms. The summed E-state index contributed by atoms with van der Waals surface area (Å²) in [5.41, 5.74) is 8.00. The molecule has 2 aromatic rings. The Balaban J connectivity index is -0.000000683. The number of hydrogen-bond acceptors (Lipinski definition) is 5. The van der Waals surface area contributed by atoms with E-state index in [9.17, 15) is 0 Å². The van der Waals surface area contributed by atoms with Gasteiger partial charge >= 0.3 is 29.6 Å². The average Bonchev–Trinajstić information content (AvgIpc) is 3.75.